The van der Waals surface area contributed by atoms with Crippen molar-refractivity contribution in [2.75, 3.05) is 13.2 Å². The van der Waals surface area contributed by atoms with E-state index in [4.69, 9.17) is 9.15 Å². The third-order valence-electron chi connectivity index (χ3n) is 5.61. The second-order valence-electron chi connectivity index (χ2n) is 7.61. The van der Waals surface area contributed by atoms with Crippen LogP contribution < -0.4 is 16.0 Å². The number of nitrogens with one attached hydrogen (secondary N) is 2. The van der Waals surface area contributed by atoms with Crippen molar-refractivity contribution in [2.24, 2.45) is 0 Å². The Balaban J connectivity index is 1.45. The molecule has 0 saturated carbocycles. The molecule has 10 nitrogen and oxygen atoms in total. The summed E-state index contributed by atoms with van der Waals surface area (Å²) in [5, 5.41) is 4.53. The summed E-state index contributed by atoms with van der Waals surface area (Å²) in [6.45, 7) is 0.307. The number of oxazole rings is 1. The molecule has 1 saturated heterocycles. The summed E-state index contributed by atoms with van der Waals surface area (Å²) in [5.74, 6) is -0.658. The maximum Gasteiger partial charge on any atom is 0.417 e. The molecule has 2 aromatic heterocycles. The first-order chi connectivity index (χ1) is 14.4. The van der Waals surface area contributed by atoms with Crippen LogP contribution in [0, 0.1) is 0 Å². The van der Waals surface area contributed by atoms with Crippen LogP contribution in [0.4, 0.5) is 0 Å². The quantitative estimate of drug-likeness (QED) is 0.612. The van der Waals surface area contributed by atoms with Gasteiger partial charge in [0.2, 0.25) is 10.0 Å². The van der Waals surface area contributed by atoms with Crippen molar-refractivity contribution >= 4 is 21.1 Å². The fraction of sp³-hybridized carbons (Fsp3) is 0.421. The zero-order chi connectivity index (χ0) is 20.9. The second kappa shape index (κ2) is 7.18. The molecule has 1 fully saturated rings. The molecule has 2 aliphatic rings. The van der Waals surface area contributed by atoms with Crippen LogP contribution in [0.25, 0.3) is 11.1 Å². The van der Waals surface area contributed by atoms with Crippen molar-refractivity contribution in [3.05, 3.63) is 56.4 Å². The Morgan fingerprint density at radius 3 is 2.83 bits per heavy atom. The van der Waals surface area contributed by atoms with Crippen LogP contribution in [0.5, 0.6) is 0 Å². The first-order valence-corrected chi connectivity index (χ1v) is 11.2. The Kier molecular flexibility index (Phi) is 4.60. The van der Waals surface area contributed by atoms with Gasteiger partial charge in [0.1, 0.15) is 0 Å². The molecule has 5 rings (SSSR count). The molecule has 30 heavy (non-hydrogen) atoms. The third-order valence-corrected chi connectivity index (χ3v) is 7.09. The Hall–Kier alpha value is -2.76. The SMILES string of the molecule is O=c1[nH]c2ccc(S(=O)(=O)NC3COCC3n3nc4c(cc3=O)CCCC4)cc2o1. The summed E-state index contributed by atoms with van der Waals surface area (Å²) < 4.78 is 40.3. The summed E-state index contributed by atoms with van der Waals surface area (Å²) in [6.07, 6.45) is 3.71. The zero-order valence-electron chi connectivity index (χ0n) is 16.0. The molecule has 1 aromatic carbocycles. The molecule has 158 valence electrons. The average Bonchev–Trinajstić information content (AvgIpc) is 3.31. The first-order valence-electron chi connectivity index (χ1n) is 9.75. The lowest BCUT2D eigenvalue weighted by Crippen LogP contribution is -2.44. The molecule has 0 radical (unpaired) electrons. The standard InChI is InChI=1S/C19H20N4O6S/c24-18-7-11-3-1-2-4-13(11)21-23(18)16-10-28-9-15(16)22-30(26,27)12-5-6-14-17(8-12)29-19(25)20-14/h5-8,15-16,22H,1-4,9-10H2,(H,20,25). The lowest BCUT2D eigenvalue weighted by Gasteiger charge is -2.22. The van der Waals surface area contributed by atoms with Crippen molar-refractivity contribution in [1.82, 2.24) is 19.5 Å². The van der Waals surface area contributed by atoms with E-state index in [0.29, 0.717) is 5.52 Å². The minimum Gasteiger partial charge on any atom is -0.408 e. The van der Waals surface area contributed by atoms with Crippen LogP contribution in [-0.4, -0.2) is 42.4 Å². The number of hydrogen-bond donors (Lipinski definition) is 2. The van der Waals surface area contributed by atoms with Gasteiger partial charge in [0.25, 0.3) is 5.56 Å². The first kappa shape index (κ1) is 19.2. The largest absolute Gasteiger partial charge is 0.417 e. The van der Waals surface area contributed by atoms with Gasteiger partial charge in [-0.25, -0.2) is 22.6 Å². The van der Waals surface area contributed by atoms with E-state index >= 15 is 0 Å². The summed E-state index contributed by atoms with van der Waals surface area (Å²) >= 11 is 0. The number of rotatable bonds is 4. The molecule has 11 heteroatoms. The molecule has 2 atom stereocenters. The number of aryl methyl sites for hydroxylation is 2. The van der Waals surface area contributed by atoms with Crippen molar-refractivity contribution < 1.29 is 17.6 Å². The van der Waals surface area contributed by atoms with Gasteiger partial charge in [-0.1, -0.05) is 0 Å². The highest BCUT2D eigenvalue weighted by molar-refractivity contribution is 7.89. The third kappa shape index (κ3) is 3.38. The van der Waals surface area contributed by atoms with Crippen molar-refractivity contribution in [2.45, 2.75) is 42.7 Å². The monoisotopic (exact) mass is 432 g/mol. The maximum atomic E-state index is 12.9. The van der Waals surface area contributed by atoms with Crippen LogP contribution in [0.1, 0.15) is 30.1 Å². The Morgan fingerprint density at radius 1 is 1.13 bits per heavy atom. The van der Waals surface area contributed by atoms with E-state index < -0.39 is 27.9 Å². The van der Waals surface area contributed by atoms with Crippen LogP contribution in [0.2, 0.25) is 0 Å². The molecule has 1 aliphatic heterocycles. The summed E-state index contributed by atoms with van der Waals surface area (Å²) in [7, 11) is -3.95. The highest BCUT2D eigenvalue weighted by Crippen LogP contribution is 2.23. The highest BCUT2D eigenvalue weighted by atomic mass is 32.2. The van der Waals surface area contributed by atoms with Crippen LogP contribution in [0.3, 0.4) is 0 Å². The van der Waals surface area contributed by atoms with E-state index in [1.165, 1.54) is 22.9 Å². The molecule has 3 heterocycles. The summed E-state index contributed by atoms with van der Waals surface area (Å²) in [6, 6.07) is 4.53. The number of aromatic amines is 1. The topological polar surface area (TPSA) is 136 Å². The van der Waals surface area contributed by atoms with E-state index in [9.17, 15) is 18.0 Å². The Labute approximate surface area is 170 Å². The molecular weight excluding hydrogens is 412 g/mol. The lowest BCUT2D eigenvalue weighted by molar-refractivity contribution is 0.181. The fourth-order valence-electron chi connectivity index (χ4n) is 4.07. The number of H-pyrrole nitrogens is 1. The number of nitrogens with zero attached hydrogens (tertiary/aromatic N) is 2. The van der Waals surface area contributed by atoms with E-state index in [0.717, 1.165) is 36.9 Å². The van der Waals surface area contributed by atoms with Crippen molar-refractivity contribution in [3.63, 3.8) is 0 Å². The molecular formula is C19H20N4O6S. The molecule has 0 amide bonds. The molecule has 0 bridgehead atoms. The fourth-order valence-corrected chi connectivity index (χ4v) is 5.34. The predicted molar refractivity (Wildman–Crippen MR) is 106 cm³/mol. The molecule has 2 unspecified atom stereocenters. The normalized spacial score (nSPS) is 21.7. The molecule has 0 spiro atoms. The van der Waals surface area contributed by atoms with Gasteiger partial charge in [-0.15, -0.1) is 0 Å². The molecule has 3 aromatic rings. The van der Waals surface area contributed by atoms with Gasteiger partial charge in [-0.2, -0.15) is 5.10 Å². The number of benzene rings is 1. The van der Waals surface area contributed by atoms with Gasteiger partial charge >= 0.3 is 5.76 Å². The molecule has 2 N–H and O–H groups in total. The van der Waals surface area contributed by atoms with Crippen LogP contribution in [-0.2, 0) is 27.6 Å². The van der Waals surface area contributed by atoms with Gasteiger partial charge in [0.05, 0.1) is 41.4 Å². The van der Waals surface area contributed by atoms with E-state index in [-0.39, 0.29) is 29.3 Å². The lowest BCUT2D eigenvalue weighted by atomic mass is 9.97. The predicted octanol–water partition coefficient (Wildman–Crippen LogP) is 0.475. The minimum absolute atomic E-state index is 0.0471. The van der Waals surface area contributed by atoms with Gasteiger partial charge < -0.3 is 9.15 Å². The number of sulfonamides is 1. The minimum atomic E-state index is -3.95. The van der Waals surface area contributed by atoms with Crippen LogP contribution >= 0.6 is 0 Å². The van der Waals surface area contributed by atoms with Gasteiger partial charge in [0.15, 0.2) is 5.58 Å². The van der Waals surface area contributed by atoms with Crippen LogP contribution in [0.15, 0.2) is 43.2 Å². The highest BCUT2D eigenvalue weighted by Gasteiger charge is 2.35. The maximum absolute atomic E-state index is 12.9. The summed E-state index contributed by atoms with van der Waals surface area (Å²) in [4.78, 5) is 26.4. The van der Waals surface area contributed by atoms with Gasteiger partial charge in [-0.3, -0.25) is 9.78 Å². The number of hydrogen-bond acceptors (Lipinski definition) is 7. The number of ether oxygens (including phenoxy) is 1. The molecule has 1 aliphatic carbocycles. The Bertz CT molecular complexity index is 1340. The van der Waals surface area contributed by atoms with E-state index in [1.807, 2.05) is 0 Å². The number of aromatic nitrogens is 3. The van der Waals surface area contributed by atoms with E-state index in [1.54, 1.807) is 6.07 Å². The average molecular weight is 432 g/mol. The smallest absolute Gasteiger partial charge is 0.408 e. The second-order valence-corrected chi connectivity index (χ2v) is 9.33. The summed E-state index contributed by atoms with van der Waals surface area (Å²) in [5.41, 5.74) is 2.16. The van der Waals surface area contributed by atoms with Crippen molar-refractivity contribution in [3.8, 4) is 0 Å². The number of fused-ring (bicyclic) bond motifs is 2. The Morgan fingerprint density at radius 2 is 1.97 bits per heavy atom. The van der Waals surface area contributed by atoms with Gasteiger partial charge in [0, 0.05) is 12.1 Å². The van der Waals surface area contributed by atoms with E-state index in [2.05, 4.69) is 14.8 Å². The zero-order valence-corrected chi connectivity index (χ0v) is 16.8. The van der Waals surface area contributed by atoms with Crippen molar-refractivity contribution in [1.29, 1.82) is 0 Å². The van der Waals surface area contributed by atoms with Gasteiger partial charge in [-0.05, 0) is 43.4 Å².